The summed E-state index contributed by atoms with van der Waals surface area (Å²) in [6.07, 6.45) is 7.52. The Bertz CT molecular complexity index is 442. The molecule has 0 heterocycles. The van der Waals surface area contributed by atoms with E-state index >= 15 is 0 Å². The van der Waals surface area contributed by atoms with Gasteiger partial charge in [0.15, 0.2) is 0 Å². The number of hydrogen-bond acceptors (Lipinski definition) is 3. The van der Waals surface area contributed by atoms with Crippen molar-refractivity contribution in [3.63, 3.8) is 0 Å². The van der Waals surface area contributed by atoms with Crippen LogP contribution in [-0.2, 0) is 9.53 Å². The molecule has 4 saturated carbocycles. The maximum Gasteiger partial charge on any atom is 0.312 e. The molecule has 0 aromatic carbocycles. The minimum Gasteiger partial charge on any atom is -0.459 e. The molecule has 1 N–H and O–H groups in total. The molecule has 3 unspecified atom stereocenters. The second-order valence-electron chi connectivity index (χ2n) is 9.08. The SMILES string of the molecule is CCCC(C)(C(=O)OC12CC3CC(CC(O)(C3)C1)C2)C(C)C. The summed E-state index contributed by atoms with van der Waals surface area (Å²) in [5.41, 5.74) is -1.34. The lowest BCUT2D eigenvalue weighted by molar-refractivity contribution is -0.227. The Balaban J connectivity index is 1.79. The highest BCUT2D eigenvalue weighted by Crippen LogP contribution is 2.59. The van der Waals surface area contributed by atoms with Crippen LogP contribution < -0.4 is 0 Å². The average Bonchev–Trinajstić information content (AvgIpc) is 2.34. The topological polar surface area (TPSA) is 46.5 Å². The molecule has 4 fully saturated rings. The van der Waals surface area contributed by atoms with E-state index in [9.17, 15) is 9.90 Å². The third-order valence-corrected chi connectivity index (χ3v) is 6.80. The summed E-state index contributed by atoms with van der Waals surface area (Å²) in [6, 6.07) is 0. The third kappa shape index (κ3) is 2.60. The summed E-state index contributed by atoms with van der Waals surface area (Å²) in [5.74, 6) is 1.35. The summed E-state index contributed by atoms with van der Waals surface area (Å²) in [5, 5.41) is 10.8. The molecule has 0 aromatic heterocycles. The highest BCUT2D eigenvalue weighted by molar-refractivity contribution is 5.77. The lowest BCUT2D eigenvalue weighted by atomic mass is 9.52. The average molecular weight is 308 g/mol. The van der Waals surface area contributed by atoms with Gasteiger partial charge in [0.25, 0.3) is 0 Å². The van der Waals surface area contributed by atoms with Crippen molar-refractivity contribution in [2.45, 2.75) is 90.3 Å². The smallest absolute Gasteiger partial charge is 0.312 e. The Morgan fingerprint density at radius 1 is 1.27 bits per heavy atom. The van der Waals surface area contributed by atoms with E-state index in [0.29, 0.717) is 18.3 Å². The summed E-state index contributed by atoms with van der Waals surface area (Å²) in [6.45, 7) is 8.41. The van der Waals surface area contributed by atoms with Gasteiger partial charge in [0.2, 0.25) is 0 Å². The molecule has 3 heteroatoms. The van der Waals surface area contributed by atoms with E-state index in [1.54, 1.807) is 0 Å². The zero-order valence-corrected chi connectivity index (χ0v) is 14.7. The van der Waals surface area contributed by atoms with Crippen molar-refractivity contribution in [3.05, 3.63) is 0 Å². The van der Waals surface area contributed by atoms with Gasteiger partial charge in [0.05, 0.1) is 11.0 Å². The number of rotatable bonds is 5. The Labute approximate surface area is 134 Å². The molecule has 4 rings (SSSR count). The molecule has 126 valence electrons. The second kappa shape index (κ2) is 5.22. The summed E-state index contributed by atoms with van der Waals surface area (Å²) >= 11 is 0. The van der Waals surface area contributed by atoms with Crippen LogP contribution in [-0.4, -0.2) is 22.3 Å². The van der Waals surface area contributed by atoms with Gasteiger partial charge in [-0.15, -0.1) is 0 Å². The fraction of sp³-hybridized carbons (Fsp3) is 0.947. The first kappa shape index (κ1) is 16.3. The van der Waals surface area contributed by atoms with E-state index in [1.165, 1.54) is 6.42 Å². The molecule has 0 aromatic rings. The molecule has 0 amide bonds. The minimum atomic E-state index is -0.566. The third-order valence-electron chi connectivity index (χ3n) is 6.80. The minimum absolute atomic E-state index is 0.0325. The van der Waals surface area contributed by atoms with Gasteiger partial charge in [-0.1, -0.05) is 27.2 Å². The van der Waals surface area contributed by atoms with Crippen molar-refractivity contribution in [1.82, 2.24) is 0 Å². The van der Waals surface area contributed by atoms with Gasteiger partial charge in [-0.05, 0) is 63.2 Å². The number of esters is 1. The van der Waals surface area contributed by atoms with Gasteiger partial charge < -0.3 is 9.84 Å². The fourth-order valence-electron chi connectivity index (χ4n) is 5.71. The molecular weight excluding hydrogens is 276 g/mol. The fourth-order valence-corrected chi connectivity index (χ4v) is 5.71. The van der Waals surface area contributed by atoms with Gasteiger partial charge in [-0.25, -0.2) is 0 Å². The molecule has 3 atom stereocenters. The van der Waals surface area contributed by atoms with Gasteiger partial charge in [0, 0.05) is 6.42 Å². The lowest BCUT2D eigenvalue weighted by Gasteiger charge is -2.59. The van der Waals surface area contributed by atoms with E-state index in [1.807, 2.05) is 0 Å². The van der Waals surface area contributed by atoms with Crippen molar-refractivity contribution >= 4 is 5.97 Å². The first-order valence-electron chi connectivity index (χ1n) is 9.16. The van der Waals surface area contributed by atoms with E-state index in [4.69, 9.17) is 4.74 Å². The molecular formula is C19H32O3. The molecule has 22 heavy (non-hydrogen) atoms. The Hall–Kier alpha value is -0.570. The Morgan fingerprint density at radius 3 is 2.32 bits per heavy atom. The summed E-state index contributed by atoms with van der Waals surface area (Å²) in [7, 11) is 0. The molecule has 4 aliphatic rings. The quantitative estimate of drug-likeness (QED) is 0.779. The van der Waals surface area contributed by atoms with Crippen LogP contribution in [0.2, 0.25) is 0 Å². The van der Waals surface area contributed by atoms with E-state index in [0.717, 1.165) is 38.5 Å². The van der Waals surface area contributed by atoms with Gasteiger partial charge >= 0.3 is 5.97 Å². The number of carbonyl (C=O) groups excluding carboxylic acids is 1. The number of ether oxygens (including phenoxy) is 1. The van der Waals surface area contributed by atoms with Crippen LogP contribution in [0.4, 0.5) is 0 Å². The van der Waals surface area contributed by atoms with E-state index < -0.39 is 11.0 Å². The van der Waals surface area contributed by atoms with Crippen LogP contribution in [0.15, 0.2) is 0 Å². The monoisotopic (exact) mass is 308 g/mol. The van der Waals surface area contributed by atoms with Gasteiger partial charge in [0.1, 0.15) is 5.60 Å². The molecule has 0 radical (unpaired) electrons. The van der Waals surface area contributed by atoms with Crippen LogP contribution in [0, 0.1) is 23.2 Å². The van der Waals surface area contributed by atoms with Crippen LogP contribution in [0.1, 0.15) is 79.1 Å². The zero-order chi connectivity index (χ0) is 16.2. The van der Waals surface area contributed by atoms with Crippen molar-refractivity contribution < 1.29 is 14.6 Å². The molecule has 4 bridgehead atoms. The van der Waals surface area contributed by atoms with Crippen LogP contribution >= 0.6 is 0 Å². The second-order valence-corrected chi connectivity index (χ2v) is 9.08. The van der Waals surface area contributed by atoms with Crippen LogP contribution in [0.25, 0.3) is 0 Å². The Kier molecular flexibility index (Phi) is 3.87. The molecule has 3 nitrogen and oxygen atoms in total. The predicted molar refractivity (Wildman–Crippen MR) is 86.3 cm³/mol. The van der Waals surface area contributed by atoms with Crippen molar-refractivity contribution in [3.8, 4) is 0 Å². The summed E-state index contributed by atoms with van der Waals surface area (Å²) < 4.78 is 6.20. The van der Waals surface area contributed by atoms with Crippen molar-refractivity contribution in [2.75, 3.05) is 0 Å². The number of aliphatic hydroxyl groups is 1. The predicted octanol–water partition coefficient (Wildman–Crippen LogP) is 4.08. The summed E-state index contributed by atoms with van der Waals surface area (Å²) in [4.78, 5) is 13.0. The molecule has 0 aliphatic heterocycles. The van der Waals surface area contributed by atoms with Gasteiger partial charge in [-0.2, -0.15) is 0 Å². The zero-order valence-electron chi connectivity index (χ0n) is 14.7. The van der Waals surface area contributed by atoms with Crippen molar-refractivity contribution in [1.29, 1.82) is 0 Å². The largest absolute Gasteiger partial charge is 0.459 e. The van der Waals surface area contributed by atoms with E-state index in [2.05, 4.69) is 27.7 Å². The first-order valence-corrected chi connectivity index (χ1v) is 9.16. The highest BCUT2D eigenvalue weighted by Gasteiger charge is 2.60. The standard InChI is InChI=1S/C19H32O3/c1-5-6-17(4,13(2)3)16(20)22-19-10-14-7-15(11-19)9-18(21,8-14)12-19/h13-15,21H,5-12H2,1-4H3. The first-order chi connectivity index (χ1) is 10.2. The number of hydrogen-bond donors (Lipinski definition) is 1. The van der Waals surface area contributed by atoms with Crippen LogP contribution in [0.3, 0.4) is 0 Å². The Morgan fingerprint density at radius 2 is 1.86 bits per heavy atom. The van der Waals surface area contributed by atoms with Crippen LogP contribution in [0.5, 0.6) is 0 Å². The van der Waals surface area contributed by atoms with Gasteiger partial charge in [-0.3, -0.25) is 4.79 Å². The molecule has 0 saturated heterocycles. The van der Waals surface area contributed by atoms with E-state index in [-0.39, 0.29) is 17.5 Å². The maximum atomic E-state index is 13.0. The maximum absolute atomic E-state index is 13.0. The molecule has 0 spiro atoms. The number of carbonyl (C=O) groups is 1. The molecule has 4 aliphatic carbocycles. The normalized spacial score (nSPS) is 42.5. The highest BCUT2D eigenvalue weighted by atomic mass is 16.6. The lowest BCUT2D eigenvalue weighted by Crippen LogP contribution is -2.61. The van der Waals surface area contributed by atoms with Crippen molar-refractivity contribution in [2.24, 2.45) is 23.2 Å².